The number of anilines is 1. The van der Waals surface area contributed by atoms with Crippen molar-refractivity contribution in [1.82, 2.24) is 4.72 Å². The van der Waals surface area contributed by atoms with Crippen LogP contribution in [0.1, 0.15) is 23.2 Å². The third-order valence-corrected chi connectivity index (χ3v) is 5.58. The Kier molecular flexibility index (Phi) is 4.69. The first kappa shape index (κ1) is 16.4. The molecule has 0 aliphatic heterocycles. The molecule has 1 aliphatic carbocycles. The Bertz CT molecular complexity index is 848. The zero-order valence-electron chi connectivity index (χ0n) is 12.1. The van der Waals surface area contributed by atoms with Gasteiger partial charge in [-0.3, -0.25) is 4.79 Å². The molecule has 0 bridgehead atoms. The maximum atomic E-state index is 12.3. The minimum absolute atomic E-state index is 0.0314. The van der Waals surface area contributed by atoms with Crippen molar-refractivity contribution in [2.24, 2.45) is 0 Å². The largest absolute Gasteiger partial charge is 0.322 e. The summed E-state index contributed by atoms with van der Waals surface area (Å²) in [5.74, 6) is -0.338. The highest BCUT2D eigenvalue weighted by molar-refractivity contribution is 14.1. The molecule has 120 valence electrons. The number of sulfonamides is 1. The number of nitrogens with one attached hydrogen (secondary N) is 2. The van der Waals surface area contributed by atoms with Gasteiger partial charge in [0.1, 0.15) is 0 Å². The molecule has 5 nitrogen and oxygen atoms in total. The van der Waals surface area contributed by atoms with Crippen LogP contribution in [-0.2, 0) is 10.0 Å². The Morgan fingerprint density at radius 2 is 1.83 bits per heavy atom. The summed E-state index contributed by atoms with van der Waals surface area (Å²) >= 11 is 2.16. The summed E-state index contributed by atoms with van der Waals surface area (Å²) in [6, 6.07) is 13.5. The summed E-state index contributed by atoms with van der Waals surface area (Å²) in [4.78, 5) is 12.4. The third-order valence-electron chi connectivity index (χ3n) is 3.39. The Balaban J connectivity index is 1.80. The van der Waals surface area contributed by atoms with Crippen LogP contribution < -0.4 is 10.0 Å². The van der Waals surface area contributed by atoms with Gasteiger partial charge in [0.15, 0.2) is 0 Å². The first-order valence-electron chi connectivity index (χ1n) is 7.13. The normalized spacial score (nSPS) is 14.5. The van der Waals surface area contributed by atoms with Crippen molar-refractivity contribution < 1.29 is 13.2 Å². The van der Waals surface area contributed by atoms with Crippen LogP contribution >= 0.6 is 22.6 Å². The molecule has 7 heteroatoms. The van der Waals surface area contributed by atoms with Crippen LogP contribution in [0.2, 0.25) is 0 Å². The van der Waals surface area contributed by atoms with Crippen LogP contribution in [0.3, 0.4) is 0 Å². The molecule has 1 amide bonds. The zero-order valence-corrected chi connectivity index (χ0v) is 15.1. The molecular formula is C16H15IN2O3S. The standard InChI is InChI=1S/C16H15IN2O3S/c17-12-4-2-5-14(10-12)18-16(20)11-3-1-6-15(9-11)23(21,22)19-13-7-8-13/h1-6,9-10,13,19H,7-8H2,(H,18,20). The number of halogens is 1. The van der Waals surface area contributed by atoms with Gasteiger partial charge in [0.2, 0.25) is 10.0 Å². The summed E-state index contributed by atoms with van der Waals surface area (Å²) in [5, 5.41) is 2.77. The molecule has 0 aromatic heterocycles. The van der Waals surface area contributed by atoms with E-state index in [1.807, 2.05) is 18.2 Å². The highest BCUT2D eigenvalue weighted by Crippen LogP contribution is 2.22. The molecule has 0 spiro atoms. The molecule has 0 heterocycles. The molecule has 1 fully saturated rings. The summed E-state index contributed by atoms with van der Waals surface area (Å²) in [5.41, 5.74) is 0.980. The maximum Gasteiger partial charge on any atom is 0.255 e. The Hall–Kier alpha value is -1.45. The van der Waals surface area contributed by atoms with Gasteiger partial charge in [-0.25, -0.2) is 13.1 Å². The quantitative estimate of drug-likeness (QED) is 0.700. The second kappa shape index (κ2) is 6.58. The summed E-state index contributed by atoms with van der Waals surface area (Å²) < 4.78 is 28.0. The van der Waals surface area contributed by atoms with Crippen molar-refractivity contribution in [2.45, 2.75) is 23.8 Å². The first-order valence-corrected chi connectivity index (χ1v) is 9.69. The maximum absolute atomic E-state index is 12.3. The Morgan fingerprint density at radius 1 is 1.09 bits per heavy atom. The van der Waals surface area contributed by atoms with E-state index in [-0.39, 0.29) is 16.8 Å². The van der Waals surface area contributed by atoms with Crippen LogP contribution in [0, 0.1) is 3.57 Å². The molecule has 0 saturated heterocycles. The molecule has 2 aromatic rings. The highest BCUT2D eigenvalue weighted by Gasteiger charge is 2.28. The molecule has 2 N–H and O–H groups in total. The fourth-order valence-electron chi connectivity index (χ4n) is 2.06. The lowest BCUT2D eigenvalue weighted by molar-refractivity contribution is 0.102. The van der Waals surface area contributed by atoms with Crippen molar-refractivity contribution in [3.05, 3.63) is 57.7 Å². The number of hydrogen-bond donors (Lipinski definition) is 2. The number of benzene rings is 2. The minimum Gasteiger partial charge on any atom is -0.322 e. The van der Waals surface area contributed by atoms with Gasteiger partial charge >= 0.3 is 0 Å². The van der Waals surface area contributed by atoms with E-state index in [0.29, 0.717) is 11.3 Å². The van der Waals surface area contributed by atoms with Crippen LogP contribution in [0.25, 0.3) is 0 Å². The number of hydrogen-bond acceptors (Lipinski definition) is 3. The molecular weight excluding hydrogens is 427 g/mol. The fourth-order valence-corrected chi connectivity index (χ4v) is 3.96. The lowest BCUT2D eigenvalue weighted by atomic mass is 10.2. The second-order valence-electron chi connectivity index (χ2n) is 5.39. The monoisotopic (exact) mass is 442 g/mol. The van der Waals surface area contributed by atoms with Gasteiger partial charge in [-0.2, -0.15) is 0 Å². The Labute approximate surface area is 148 Å². The van der Waals surface area contributed by atoms with Crippen molar-refractivity contribution in [3.8, 4) is 0 Å². The van der Waals surface area contributed by atoms with Gasteiger partial charge in [0, 0.05) is 20.9 Å². The van der Waals surface area contributed by atoms with E-state index in [4.69, 9.17) is 0 Å². The lowest BCUT2D eigenvalue weighted by Crippen LogP contribution is -2.26. The fraction of sp³-hybridized carbons (Fsp3) is 0.188. The summed E-state index contributed by atoms with van der Waals surface area (Å²) in [6.07, 6.45) is 1.73. The van der Waals surface area contributed by atoms with E-state index in [0.717, 1.165) is 16.4 Å². The van der Waals surface area contributed by atoms with Crippen LogP contribution in [0.5, 0.6) is 0 Å². The van der Waals surface area contributed by atoms with Crippen molar-refractivity contribution >= 4 is 44.2 Å². The van der Waals surface area contributed by atoms with Crippen molar-refractivity contribution in [2.75, 3.05) is 5.32 Å². The van der Waals surface area contributed by atoms with Crippen LogP contribution in [0.15, 0.2) is 53.4 Å². The van der Waals surface area contributed by atoms with Crippen LogP contribution in [-0.4, -0.2) is 20.4 Å². The summed E-state index contributed by atoms with van der Waals surface area (Å²) in [6.45, 7) is 0. The van der Waals surface area contributed by atoms with Gasteiger partial charge in [-0.1, -0.05) is 12.1 Å². The average Bonchev–Trinajstić information content (AvgIpc) is 3.31. The predicted octanol–water partition coefficient (Wildman–Crippen LogP) is 2.98. The lowest BCUT2D eigenvalue weighted by Gasteiger charge is -2.09. The van der Waals surface area contributed by atoms with E-state index < -0.39 is 10.0 Å². The van der Waals surface area contributed by atoms with Gasteiger partial charge < -0.3 is 5.32 Å². The zero-order chi connectivity index (χ0) is 16.4. The topological polar surface area (TPSA) is 75.3 Å². The second-order valence-corrected chi connectivity index (χ2v) is 8.35. The third kappa shape index (κ3) is 4.30. The molecule has 0 atom stereocenters. The predicted molar refractivity (Wildman–Crippen MR) is 96.9 cm³/mol. The molecule has 23 heavy (non-hydrogen) atoms. The van der Waals surface area contributed by atoms with E-state index >= 15 is 0 Å². The van der Waals surface area contributed by atoms with Crippen LogP contribution in [0.4, 0.5) is 5.69 Å². The van der Waals surface area contributed by atoms with Gasteiger partial charge in [0.25, 0.3) is 5.91 Å². The smallest absolute Gasteiger partial charge is 0.255 e. The number of amides is 1. The van der Waals surface area contributed by atoms with Crippen molar-refractivity contribution in [1.29, 1.82) is 0 Å². The Morgan fingerprint density at radius 3 is 2.52 bits per heavy atom. The molecule has 2 aromatic carbocycles. The summed E-state index contributed by atoms with van der Waals surface area (Å²) in [7, 11) is -3.56. The van der Waals surface area contributed by atoms with Crippen molar-refractivity contribution in [3.63, 3.8) is 0 Å². The molecule has 3 rings (SSSR count). The molecule has 1 aliphatic rings. The number of carbonyl (C=O) groups excluding carboxylic acids is 1. The molecule has 0 radical (unpaired) electrons. The van der Waals surface area contributed by atoms with Gasteiger partial charge in [0.05, 0.1) is 4.90 Å². The molecule has 0 unspecified atom stereocenters. The average molecular weight is 442 g/mol. The SMILES string of the molecule is O=C(Nc1cccc(I)c1)c1cccc(S(=O)(=O)NC2CC2)c1. The van der Waals surface area contributed by atoms with Gasteiger partial charge in [-0.05, 0) is 71.8 Å². The van der Waals surface area contributed by atoms with E-state index in [1.54, 1.807) is 18.2 Å². The van der Waals surface area contributed by atoms with E-state index in [2.05, 4.69) is 32.6 Å². The van der Waals surface area contributed by atoms with E-state index in [9.17, 15) is 13.2 Å². The number of carbonyl (C=O) groups is 1. The molecule has 1 saturated carbocycles. The highest BCUT2D eigenvalue weighted by atomic mass is 127. The first-order chi connectivity index (χ1) is 10.9. The minimum atomic E-state index is -3.56. The number of rotatable bonds is 5. The van der Waals surface area contributed by atoms with E-state index in [1.165, 1.54) is 12.1 Å². The van der Waals surface area contributed by atoms with Gasteiger partial charge in [-0.15, -0.1) is 0 Å².